The Morgan fingerprint density at radius 3 is 2.27 bits per heavy atom. The fourth-order valence-corrected chi connectivity index (χ4v) is 1.07. The van der Waals surface area contributed by atoms with E-state index in [1.54, 1.807) is 0 Å². The summed E-state index contributed by atoms with van der Waals surface area (Å²) in [5.41, 5.74) is -3.99. The smallest absolute Gasteiger partial charge is 0.298 e. The first kappa shape index (κ1) is 11.7. The molecule has 0 fully saturated rings. The first-order valence-corrected chi connectivity index (χ1v) is 4.10. The van der Waals surface area contributed by atoms with Gasteiger partial charge in [0, 0.05) is 5.56 Å². The Morgan fingerprint density at radius 1 is 1.20 bits per heavy atom. The van der Waals surface area contributed by atoms with Gasteiger partial charge in [-0.25, -0.2) is 4.39 Å². The van der Waals surface area contributed by atoms with Gasteiger partial charge in [0.2, 0.25) is 5.67 Å². The molecule has 0 saturated heterocycles. The molecule has 1 nitrogen and oxygen atoms in total. The van der Waals surface area contributed by atoms with Crippen LogP contribution in [0.2, 0.25) is 0 Å². The number of rotatable bonds is 2. The molecule has 0 heterocycles. The molecular formula is C10H8F4O. The summed E-state index contributed by atoms with van der Waals surface area (Å²) >= 11 is 0. The molecule has 0 bridgehead atoms. The maximum atomic E-state index is 13.4. The fourth-order valence-electron chi connectivity index (χ4n) is 1.07. The average Bonchev–Trinajstić information content (AvgIpc) is 2.16. The molecule has 1 unspecified atom stereocenters. The summed E-state index contributed by atoms with van der Waals surface area (Å²) in [5, 5.41) is 0. The summed E-state index contributed by atoms with van der Waals surface area (Å²) in [6.07, 6.45) is -4.62. The van der Waals surface area contributed by atoms with Crippen molar-refractivity contribution in [1.82, 2.24) is 0 Å². The Hall–Kier alpha value is -1.39. The Balaban J connectivity index is 3.21. The van der Waals surface area contributed by atoms with Gasteiger partial charge in [0.1, 0.15) is 6.29 Å². The van der Waals surface area contributed by atoms with Crippen molar-refractivity contribution in [1.29, 1.82) is 0 Å². The van der Waals surface area contributed by atoms with Crippen LogP contribution in [0.15, 0.2) is 24.3 Å². The zero-order valence-electron chi connectivity index (χ0n) is 7.81. The predicted octanol–water partition coefficient (Wildman–Crippen LogP) is 3.25. The summed E-state index contributed by atoms with van der Waals surface area (Å²) in [6, 6.07) is 4.41. The lowest BCUT2D eigenvalue weighted by Gasteiger charge is -2.24. The van der Waals surface area contributed by atoms with Crippen molar-refractivity contribution in [2.75, 3.05) is 0 Å². The number of hydrogen-bond acceptors (Lipinski definition) is 1. The maximum absolute atomic E-state index is 13.4. The minimum atomic E-state index is -4.99. The van der Waals surface area contributed by atoms with Crippen molar-refractivity contribution < 1.29 is 22.4 Å². The molecule has 1 rings (SSSR count). The standard InChI is InChI=1S/C10H8F4O/c1-9(11,10(12,13)14)8-4-2-3-7(5-8)6-15/h2-6H,1H3. The van der Waals surface area contributed by atoms with Gasteiger partial charge in [-0.05, 0) is 18.6 Å². The summed E-state index contributed by atoms with van der Waals surface area (Å²) < 4.78 is 50.3. The molecule has 0 N–H and O–H groups in total. The van der Waals surface area contributed by atoms with E-state index in [1.807, 2.05) is 0 Å². The van der Waals surface area contributed by atoms with Gasteiger partial charge in [-0.15, -0.1) is 0 Å². The molecule has 0 radical (unpaired) electrons. The minimum absolute atomic E-state index is 0.0145. The number of alkyl halides is 4. The Bertz CT molecular complexity index is 368. The molecule has 0 saturated carbocycles. The average molecular weight is 220 g/mol. The van der Waals surface area contributed by atoms with Gasteiger partial charge in [-0.2, -0.15) is 13.2 Å². The second-order valence-corrected chi connectivity index (χ2v) is 3.24. The van der Waals surface area contributed by atoms with Gasteiger partial charge < -0.3 is 0 Å². The van der Waals surface area contributed by atoms with Crippen LogP contribution in [0.25, 0.3) is 0 Å². The Morgan fingerprint density at radius 2 is 1.80 bits per heavy atom. The highest BCUT2D eigenvalue weighted by atomic mass is 19.4. The van der Waals surface area contributed by atoms with Crippen molar-refractivity contribution in [3.8, 4) is 0 Å². The SMILES string of the molecule is CC(F)(c1cccc(C=O)c1)C(F)(F)F. The first-order valence-electron chi connectivity index (χ1n) is 4.10. The summed E-state index contributed by atoms with van der Waals surface area (Å²) in [7, 11) is 0. The van der Waals surface area contributed by atoms with Crippen LogP contribution in [0, 0.1) is 0 Å². The van der Waals surface area contributed by atoms with Crippen LogP contribution < -0.4 is 0 Å². The zero-order valence-corrected chi connectivity index (χ0v) is 7.81. The van der Waals surface area contributed by atoms with E-state index in [0.717, 1.165) is 12.1 Å². The second kappa shape index (κ2) is 3.64. The molecule has 0 aromatic heterocycles. The number of aldehydes is 1. The van der Waals surface area contributed by atoms with E-state index < -0.39 is 17.4 Å². The summed E-state index contributed by atoms with van der Waals surface area (Å²) in [6.45, 7) is 0.427. The minimum Gasteiger partial charge on any atom is -0.298 e. The quantitative estimate of drug-likeness (QED) is 0.552. The zero-order chi connectivity index (χ0) is 11.7. The Kier molecular flexibility index (Phi) is 2.83. The fraction of sp³-hybridized carbons (Fsp3) is 0.300. The third-order valence-corrected chi connectivity index (χ3v) is 2.10. The number of carbonyl (C=O) groups is 1. The highest BCUT2D eigenvalue weighted by molar-refractivity contribution is 5.75. The topological polar surface area (TPSA) is 17.1 Å². The molecule has 5 heteroatoms. The predicted molar refractivity (Wildman–Crippen MR) is 46.3 cm³/mol. The maximum Gasteiger partial charge on any atom is 0.426 e. The van der Waals surface area contributed by atoms with Gasteiger partial charge in [0.05, 0.1) is 0 Å². The van der Waals surface area contributed by atoms with E-state index in [2.05, 4.69) is 0 Å². The molecule has 0 aliphatic carbocycles. The van der Waals surface area contributed by atoms with E-state index in [-0.39, 0.29) is 5.56 Å². The van der Waals surface area contributed by atoms with E-state index in [9.17, 15) is 22.4 Å². The molecule has 1 aromatic rings. The molecule has 0 aliphatic heterocycles. The third kappa shape index (κ3) is 2.16. The lowest BCUT2D eigenvalue weighted by molar-refractivity contribution is -0.228. The van der Waals surface area contributed by atoms with Crippen molar-refractivity contribution in [2.45, 2.75) is 18.8 Å². The van der Waals surface area contributed by atoms with E-state index in [0.29, 0.717) is 13.2 Å². The molecule has 0 spiro atoms. The van der Waals surface area contributed by atoms with Gasteiger partial charge >= 0.3 is 6.18 Å². The number of carbonyl (C=O) groups excluding carboxylic acids is 1. The van der Waals surface area contributed by atoms with E-state index in [1.165, 1.54) is 12.1 Å². The highest BCUT2D eigenvalue weighted by Crippen LogP contribution is 2.42. The van der Waals surface area contributed by atoms with E-state index >= 15 is 0 Å². The van der Waals surface area contributed by atoms with Gasteiger partial charge in [-0.1, -0.05) is 18.2 Å². The molecule has 15 heavy (non-hydrogen) atoms. The van der Waals surface area contributed by atoms with Crippen molar-refractivity contribution in [3.63, 3.8) is 0 Å². The monoisotopic (exact) mass is 220 g/mol. The largest absolute Gasteiger partial charge is 0.426 e. The molecule has 0 amide bonds. The van der Waals surface area contributed by atoms with Crippen LogP contribution in [-0.2, 0) is 5.67 Å². The highest BCUT2D eigenvalue weighted by Gasteiger charge is 2.53. The molecule has 1 aromatic carbocycles. The first-order chi connectivity index (χ1) is 6.79. The van der Waals surface area contributed by atoms with Crippen LogP contribution in [0.3, 0.4) is 0 Å². The lowest BCUT2D eigenvalue weighted by atomic mass is 9.96. The lowest BCUT2D eigenvalue weighted by Crippen LogP contribution is -2.35. The Labute approximate surface area is 83.7 Å². The normalized spacial score (nSPS) is 15.8. The van der Waals surface area contributed by atoms with Crippen LogP contribution >= 0.6 is 0 Å². The van der Waals surface area contributed by atoms with E-state index in [4.69, 9.17) is 0 Å². The molecule has 1 atom stereocenters. The van der Waals surface area contributed by atoms with Crippen LogP contribution in [0.4, 0.5) is 17.6 Å². The van der Waals surface area contributed by atoms with Crippen LogP contribution in [0.1, 0.15) is 22.8 Å². The number of halogens is 4. The van der Waals surface area contributed by atoms with Crippen molar-refractivity contribution in [3.05, 3.63) is 35.4 Å². The van der Waals surface area contributed by atoms with Gasteiger partial charge in [0.15, 0.2) is 0 Å². The third-order valence-electron chi connectivity index (χ3n) is 2.10. The number of benzene rings is 1. The van der Waals surface area contributed by atoms with Crippen molar-refractivity contribution in [2.24, 2.45) is 0 Å². The summed E-state index contributed by atoms with van der Waals surface area (Å²) in [4.78, 5) is 10.3. The van der Waals surface area contributed by atoms with Crippen LogP contribution in [0.5, 0.6) is 0 Å². The molecule has 82 valence electrons. The van der Waals surface area contributed by atoms with Crippen molar-refractivity contribution >= 4 is 6.29 Å². The van der Waals surface area contributed by atoms with Gasteiger partial charge in [0.25, 0.3) is 0 Å². The molecular weight excluding hydrogens is 212 g/mol. The van der Waals surface area contributed by atoms with Crippen LogP contribution in [-0.4, -0.2) is 12.5 Å². The molecule has 0 aliphatic rings. The second-order valence-electron chi connectivity index (χ2n) is 3.24. The van der Waals surface area contributed by atoms with Gasteiger partial charge in [-0.3, -0.25) is 4.79 Å². The summed E-state index contributed by atoms with van der Waals surface area (Å²) in [5.74, 6) is 0. The number of hydrogen-bond donors (Lipinski definition) is 0.